The normalized spacial score (nSPS) is 11.7. The number of benzene rings is 2. The maximum Gasteiger partial charge on any atom is 0.251 e. The van der Waals surface area contributed by atoms with Crippen LogP contribution in [-0.2, 0) is 11.3 Å². The van der Waals surface area contributed by atoms with Crippen molar-refractivity contribution in [1.82, 2.24) is 20.1 Å². The lowest BCUT2D eigenvalue weighted by Gasteiger charge is -2.19. The van der Waals surface area contributed by atoms with Crippen LogP contribution in [0.15, 0.2) is 53.7 Å². The molecule has 0 aliphatic heterocycles. The molecule has 0 spiro atoms. The zero-order chi connectivity index (χ0) is 25.2. The molecule has 8 nitrogen and oxygen atoms in total. The fourth-order valence-electron chi connectivity index (χ4n) is 3.31. The van der Waals surface area contributed by atoms with E-state index in [1.54, 1.807) is 67.4 Å². The van der Waals surface area contributed by atoms with E-state index in [-0.39, 0.29) is 23.6 Å². The smallest absolute Gasteiger partial charge is 0.251 e. The summed E-state index contributed by atoms with van der Waals surface area (Å²) in [6, 6.07) is 13.6. The predicted molar refractivity (Wildman–Crippen MR) is 143 cm³/mol. The molecule has 11 heteroatoms. The Morgan fingerprint density at radius 1 is 1.11 bits per heavy atom. The monoisotopic (exact) mass is 533 g/mol. The third kappa shape index (κ3) is 7.65. The number of hydrogen-bond acceptors (Lipinski definition) is 7. The third-order valence-corrected chi connectivity index (χ3v) is 6.96. The van der Waals surface area contributed by atoms with E-state index in [0.29, 0.717) is 46.0 Å². The summed E-state index contributed by atoms with van der Waals surface area (Å²) in [6.07, 6.45) is 2.72. The molecule has 0 bridgehead atoms. The van der Waals surface area contributed by atoms with E-state index in [1.807, 2.05) is 17.7 Å². The summed E-state index contributed by atoms with van der Waals surface area (Å²) in [6.45, 7) is 2.60. The van der Waals surface area contributed by atoms with Gasteiger partial charge in [-0.25, -0.2) is 0 Å². The van der Waals surface area contributed by atoms with Crippen LogP contribution in [0.3, 0.4) is 0 Å². The number of rotatable bonds is 12. The molecule has 0 aliphatic rings. The molecule has 1 atom stereocenters. The topological polar surface area (TPSA) is 98.1 Å². The number of hydrogen-bond donors (Lipinski definition) is 2. The number of anilines is 1. The van der Waals surface area contributed by atoms with Gasteiger partial charge >= 0.3 is 0 Å². The van der Waals surface area contributed by atoms with E-state index in [1.165, 1.54) is 11.8 Å². The maximum absolute atomic E-state index is 12.9. The number of aromatic nitrogens is 3. The minimum Gasteiger partial charge on any atom is -0.497 e. The van der Waals surface area contributed by atoms with E-state index < -0.39 is 0 Å². The number of carbonyl (C=O) groups is 2. The first-order valence-corrected chi connectivity index (χ1v) is 13.8. The molecule has 2 amide bonds. The first-order valence-electron chi connectivity index (χ1n) is 11.0. The minimum absolute atomic E-state index is 0.156. The van der Waals surface area contributed by atoms with Gasteiger partial charge in [-0.05, 0) is 73.9 Å². The largest absolute Gasteiger partial charge is 0.497 e. The second-order valence-corrected chi connectivity index (χ2v) is 9.83. The number of nitrogens with zero attached hydrogens (tertiary/aromatic N) is 3. The molecule has 3 aromatic rings. The number of nitrogens with one attached hydrogen (secondary N) is 2. The Kier molecular flexibility index (Phi) is 10.3. The molecule has 1 heterocycles. The van der Waals surface area contributed by atoms with E-state index in [0.717, 1.165) is 5.75 Å². The van der Waals surface area contributed by atoms with Crippen molar-refractivity contribution in [3.05, 3.63) is 64.9 Å². The van der Waals surface area contributed by atoms with Crippen molar-refractivity contribution in [2.45, 2.75) is 31.1 Å². The standard InChI is InChI=1S/C24H28ClN5O3S2/c1-4-30-22(20(13-14-34-3)27-23(32)16-5-11-19(33-2)12-6-16)28-29-24(30)35-15-21(31)26-18-9-7-17(25)8-10-18/h5-12,20H,4,13-15H2,1-3H3,(H,26,31)(H,27,32)/t20-/m1/s1. The molecule has 0 saturated carbocycles. The molecule has 1 aromatic heterocycles. The Hall–Kier alpha value is -2.69. The Bertz CT molecular complexity index is 1120. The van der Waals surface area contributed by atoms with Crippen LogP contribution in [0.4, 0.5) is 5.69 Å². The summed E-state index contributed by atoms with van der Waals surface area (Å²) in [5.41, 5.74) is 1.21. The van der Waals surface area contributed by atoms with E-state index in [9.17, 15) is 9.59 Å². The van der Waals surface area contributed by atoms with E-state index in [4.69, 9.17) is 16.3 Å². The van der Waals surface area contributed by atoms with Crippen molar-refractivity contribution in [3.63, 3.8) is 0 Å². The zero-order valence-electron chi connectivity index (χ0n) is 19.8. The van der Waals surface area contributed by atoms with Crippen LogP contribution in [0.2, 0.25) is 5.02 Å². The highest BCUT2D eigenvalue weighted by atomic mass is 35.5. The van der Waals surface area contributed by atoms with Crippen LogP contribution in [0.5, 0.6) is 5.75 Å². The van der Waals surface area contributed by atoms with Gasteiger partial charge in [-0.1, -0.05) is 23.4 Å². The molecule has 2 N–H and O–H groups in total. The SMILES string of the molecule is CCn1c(SCC(=O)Nc2ccc(Cl)cc2)nnc1[C@@H](CCSC)NC(=O)c1ccc(OC)cc1. The zero-order valence-corrected chi connectivity index (χ0v) is 22.2. The van der Waals surface area contributed by atoms with E-state index in [2.05, 4.69) is 20.8 Å². The summed E-state index contributed by atoms with van der Waals surface area (Å²) in [5, 5.41) is 15.9. The molecule has 3 rings (SSSR count). The number of halogens is 1. The van der Waals surface area contributed by atoms with Crippen molar-refractivity contribution in [2.24, 2.45) is 0 Å². The first kappa shape index (κ1) is 26.9. The van der Waals surface area contributed by atoms with Crippen LogP contribution in [0, 0.1) is 0 Å². The number of amides is 2. The van der Waals surface area contributed by atoms with E-state index >= 15 is 0 Å². The fourth-order valence-corrected chi connectivity index (χ4v) is 4.71. The Labute approximate surface area is 218 Å². The summed E-state index contributed by atoms with van der Waals surface area (Å²) >= 11 is 8.89. The highest BCUT2D eigenvalue weighted by Gasteiger charge is 2.23. The van der Waals surface area contributed by atoms with Gasteiger partial charge < -0.3 is 19.9 Å². The van der Waals surface area contributed by atoms with Crippen LogP contribution >= 0.6 is 35.1 Å². The minimum atomic E-state index is -0.318. The van der Waals surface area contributed by atoms with Gasteiger partial charge in [0.1, 0.15) is 5.75 Å². The Morgan fingerprint density at radius 3 is 2.46 bits per heavy atom. The van der Waals surface area contributed by atoms with Gasteiger partial charge in [0.2, 0.25) is 5.91 Å². The average Bonchev–Trinajstić information content (AvgIpc) is 3.29. The number of ether oxygens (including phenoxy) is 1. The Morgan fingerprint density at radius 2 is 1.83 bits per heavy atom. The highest BCUT2D eigenvalue weighted by Crippen LogP contribution is 2.24. The summed E-state index contributed by atoms with van der Waals surface area (Å²) in [7, 11) is 1.59. The summed E-state index contributed by atoms with van der Waals surface area (Å²) < 4.78 is 7.11. The lowest BCUT2D eigenvalue weighted by atomic mass is 10.1. The van der Waals surface area contributed by atoms with Gasteiger partial charge in [0.15, 0.2) is 11.0 Å². The molecular formula is C24H28ClN5O3S2. The second-order valence-electron chi connectivity index (χ2n) is 7.46. The molecule has 186 valence electrons. The van der Waals surface area contributed by atoms with Gasteiger partial charge in [0, 0.05) is 22.8 Å². The quantitative estimate of drug-likeness (QED) is 0.319. The molecule has 35 heavy (non-hydrogen) atoms. The summed E-state index contributed by atoms with van der Waals surface area (Å²) in [4.78, 5) is 25.3. The van der Waals surface area contributed by atoms with Gasteiger partial charge in [-0.15, -0.1) is 10.2 Å². The van der Waals surface area contributed by atoms with Gasteiger partial charge in [0.05, 0.1) is 18.9 Å². The molecule has 0 aliphatic carbocycles. The van der Waals surface area contributed by atoms with Crippen molar-refractivity contribution < 1.29 is 14.3 Å². The molecule has 0 fully saturated rings. The second kappa shape index (κ2) is 13.4. The molecule has 0 saturated heterocycles. The van der Waals surface area contributed by atoms with Crippen molar-refractivity contribution in [1.29, 1.82) is 0 Å². The number of carbonyl (C=O) groups excluding carboxylic acids is 2. The third-order valence-electron chi connectivity index (χ3n) is 5.10. The van der Waals surface area contributed by atoms with Crippen molar-refractivity contribution in [2.75, 3.05) is 30.2 Å². The first-order chi connectivity index (χ1) is 16.9. The maximum atomic E-state index is 12.9. The molecular weight excluding hydrogens is 506 g/mol. The lowest BCUT2D eigenvalue weighted by molar-refractivity contribution is -0.113. The lowest BCUT2D eigenvalue weighted by Crippen LogP contribution is -2.31. The molecule has 0 unspecified atom stereocenters. The average molecular weight is 534 g/mol. The van der Waals surface area contributed by atoms with Gasteiger partial charge in [-0.2, -0.15) is 11.8 Å². The van der Waals surface area contributed by atoms with Crippen LogP contribution < -0.4 is 15.4 Å². The fraction of sp³-hybridized carbons (Fsp3) is 0.333. The van der Waals surface area contributed by atoms with Gasteiger partial charge in [-0.3, -0.25) is 9.59 Å². The molecule has 2 aromatic carbocycles. The number of methoxy groups -OCH3 is 1. The highest BCUT2D eigenvalue weighted by molar-refractivity contribution is 7.99. The van der Waals surface area contributed by atoms with Crippen LogP contribution in [0.25, 0.3) is 0 Å². The van der Waals surface area contributed by atoms with Crippen LogP contribution in [0.1, 0.15) is 35.6 Å². The predicted octanol–water partition coefficient (Wildman–Crippen LogP) is 4.92. The molecule has 0 radical (unpaired) electrons. The van der Waals surface area contributed by atoms with Crippen molar-refractivity contribution in [3.8, 4) is 5.75 Å². The van der Waals surface area contributed by atoms with Crippen LogP contribution in [-0.4, -0.2) is 51.5 Å². The van der Waals surface area contributed by atoms with Gasteiger partial charge in [0.25, 0.3) is 5.91 Å². The Balaban J connectivity index is 1.70. The summed E-state index contributed by atoms with van der Waals surface area (Å²) in [5.74, 6) is 2.03. The number of thioether (sulfide) groups is 2. The van der Waals surface area contributed by atoms with Crippen molar-refractivity contribution >= 4 is 52.6 Å².